The second-order valence-corrected chi connectivity index (χ2v) is 7.36. The maximum Gasteiger partial charge on any atom is 0.259 e. The van der Waals surface area contributed by atoms with E-state index in [2.05, 4.69) is 26.6 Å². The number of anilines is 1. The average Bonchev–Trinajstić information content (AvgIpc) is 2.66. The quantitative estimate of drug-likeness (QED) is 0.561. The van der Waals surface area contributed by atoms with Gasteiger partial charge in [-0.05, 0) is 62.7 Å². The molecule has 7 heteroatoms. The Morgan fingerprint density at radius 1 is 1.07 bits per heavy atom. The summed E-state index contributed by atoms with van der Waals surface area (Å²) in [6.07, 6.45) is 0.707. The molecule has 0 spiro atoms. The lowest BCUT2D eigenvalue weighted by molar-refractivity contribution is 0.0948. The summed E-state index contributed by atoms with van der Waals surface area (Å²) in [5.41, 5.74) is 1.56. The van der Waals surface area contributed by atoms with Gasteiger partial charge >= 0.3 is 0 Å². The van der Waals surface area contributed by atoms with Crippen LogP contribution in [0.2, 0.25) is 0 Å². The van der Waals surface area contributed by atoms with E-state index in [0.29, 0.717) is 35.7 Å². The highest BCUT2D eigenvalue weighted by Gasteiger charge is 2.15. The molecule has 2 aromatic rings. The maximum atomic E-state index is 12.7. The second-order valence-electron chi connectivity index (χ2n) is 6.44. The van der Waals surface area contributed by atoms with Crippen molar-refractivity contribution in [2.75, 3.05) is 25.6 Å². The highest BCUT2D eigenvalue weighted by Crippen LogP contribution is 2.25. The van der Waals surface area contributed by atoms with Crippen LogP contribution in [0.4, 0.5) is 5.69 Å². The first-order chi connectivity index (χ1) is 13.4. The zero-order valence-corrected chi connectivity index (χ0v) is 17.8. The normalized spacial score (nSPS) is 10.6. The molecule has 6 nitrogen and oxygen atoms in total. The summed E-state index contributed by atoms with van der Waals surface area (Å²) in [5, 5.41) is 5.66. The first-order valence-corrected chi connectivity index (χ1v) is 9.84. The highest BCUT2D eigenvalue weighted by molar-refractivity contribution is 9.10. The third-order valence-corrected chi connectivity index (χ3v) is 4.26. The Morgan fingerprint density at radius 3 is 2.43 bits per heavy atom. The second kappa shape index (κ2) is 10.8. The van der Waals surface area contributed by atoms with Crippen molar-refractivity contribution in [3.05, 3.63) is 58.1 Å². The Labute approximate surface area is 173 Å². The fraction of sp³-hybridized carbons (Fsp3) is 0.333. The van der Waals surface area contributed by atoms with Crippen LogP contribution in [0.15, 0.2) is 46.9 Å². The Balaban J connectivity index is 2.03. The molecule has 0 atom stereocenters. The summed E-state index contributed by atoms with van der Waals surface area (Å²) < 4.78 is 11.5. The first-order valence-electron chi connectivity index (χ1n) is 9.05. The van der Waals surface area contributed by atoms with Crippen molar-refractivity contribution >= 4 is 33.4 Å². The lowest BCUT2D eigenvalue weighted by Crippen LogP contribution is -2.25. The van der Waals surface area contributed by atoms with Crippen molar-refractivity contribution in [3.8, 4) is 5.75 Å². The minimum atomic E-state index is -0.284. The molecule has 2 rings (SSSR count). The maximum absolute atomic E-state index is 12.7. The lowest BCUT2D eigenvalue weighted by atomic mass is 10.1. The molecule has 0 unspecified atom stereocenters. The molecule has 28 heavy (non-hydrogen) atoms. The van der Waals surface area contributed by atoms with Crippen molar-refractivity contribution in [3.63, 3.8) is 0 Å². The van der Waals surface area contributed by atoms with Crippen molar-refractivity contribution in [1.29, 1.82) is 0 Å². The number of benzene rings is 2. The van der Waals surface area contributed by atoms with Gasteiger partial charge in [-0.25, -0.2) is 0 Å². The van der Waals surface area contributed by atoms with Crippen molar-refractivity contribution < 1.29 is 19.1 Å². The fourth-order valence-corrected chi connectivity index (χ4v) is 2.82. The summed E-state index contributed by atoms with van der Waals surface area (Å²) in [6, 6.07) is 12.0. The van der Waals surface area contributed by atoms with E-state index in [1.807, 2.05) is 19.9 Å². The molecular formula is C21H25BrN2O4. The number of rotatable bonds is 9. The zero-order valence-electron chi connectivity index (χ0n) is 16.3. The SMILES string of the molecule is COCCCNC(=O)c1ccc(NC(=O)c2cc(Br)ccc2OC(C)C)cc1. The van der Waals surface area contributed by atoms with Crippen LogP contribution in [-0.2, 0) is 4.74 Å². The van der Waals surface area contributed by atoms with Crippen LogP contribution in [0.3, 0.4) is 0 Å². The smallest absolute Gasteiger partial charge is 0.259 e. The van der Waals surface area contributed by atoms with Gasteiger partial charge in [-0.3, -0.25) is 9.59 Å². The van der Waals surface area contributed by atoms with Gasteiger partial charge in [0.2, 0.25) is 0 Å². The third kappa shape index (κ3) is 6.65. The van der Waals surface area contributed by atoms with E-state index >= 15 is 0 Å². The molecular weight excluding hydrogens is 424 g/mol. The standard InChI is InChI=1S/C21H25BrN2O4/c1-14(2)28-19-10-7-16(22)13-18(19)21(26)24-17-8-5-15(6-9-17)20(25)23-11-4-12-27-3/h5-10,13-14H,4,11-12H2,1-3H3,(H,23,25)(H,24,26). The number of nitrogens with one attached hydrogen (secondary N) is 2. The average molecular weight is 449 g/mol. The summed E-state index contributed by atoms with van der Waals surface area (Å²) in [7, 11) is 1.63. The molecule has 0 heterocycles. The van der Waals surface area contributed by atoms with Crippen LogP contribution in [0, 0.1) is 0 Å². The van der Waals surface area contributed by atoms with Gasteiger partial charge in [0.15, 0.2) is 0 Å². The molecule has 2 amide bonds. The van der Waals surface area contributed by atoms with E-state index in [4.69, 9.17) is 9.47 Å². The Bertz CT molecular complexity index is 807. The van der Waals surface area contributed by atoms with Gasteiger partial charge in [0.05, 0.1) is 11.7 Å². The van der Waals surface area contributed by atoms with Crippen molar-refractivity contribution in [1.82, 2.24) is 5.32 Å². The Kier molecular flexibility index (Phi) is 8.47. The summed E-state index contributed by atoms with van der Waals surface area (Å²) >= 11 is 3.38. The largest absolute Gasteiger partial charge is 0.490 e. The van der Waals surface area contributed by atoms with Crippen molar-refractivity contribution in [2.24, 2.45) is 0 Å². The van der Waals surface area contributed by atoms with E-state index in [-0.39, 0.29) is 17.9 Å². The van der Waals surface area contributed by atoms with Crippen LogP contribution >= 0.6 is 15.9 Å². The van der Waals surface area contributed by atoms with Crippen LogP contribution in [0.5, 0.6) is 5.75 Å². The van der Waals surface area contributed by atoms with Crippen LogP contribution in [0.1, 0.15) is 41.0 Å². The number of carbonyl (C=O) groups is 2. The minimum Gasteiger partial charge on any atom is -0.490 e. The molecule has 150 valence electrons. The number of hydrogen-bond donors (Lipinski definition) is 2. The summed E-state index contributed by atoms with van der Waals surface area (Å²) in [5.74, 6) is 0.0741. The van der Waals surface area contributed by atoms with E-state index in [0.717, 1.165) is 10.9 Å². The first kappa shape index (κ1) is 21.9. The van der Waals surface area contributed by atoms with Crippen LogP contribution < -0.4 is 15.4 Å². The molecule has 0 aliphatic heterocycles. The molecule has 0 aliphatic rings. The van der Waals surface area contributed by atoms with Crippen LogP contribution in [0.25, 0.3) is 0 Å². The molecule has 0 bridgehead atoms. The Morgan fingerprint density at radius 2 is 1.79 bits per heavy atom. The number of methoxy groups -OCH3 is 1. The number of hydrogen-bond acceptors (Lipinski definition) is 4. The summed E-state index contributed by atoms with van der Waals surface area (Å²) in [6.45, 7) is 4.96. The minimum absolute atomic E-state index is 0.0468. The van der Waals surface area contributed by atoms with Gasteiger partial charge in [0.1, 0.15) is 5.75 Å². The number of amides is 2. The zero-order chi connectivity index (χ0) is 20.5. The molecule has 2 aromatic carbocycles. The predicted molar refractivity (Wildman–Crippen MR) is 113 cm³/mol. The topological polar surface area (TPSA) is 76.7 Å². The van der Waals surface area contributed by atoms with Crippen LogP contribution in [-0.4, -0.2) is 38.2 Å². The van der Waals surface area contributed by atoms with Gasteiger partial charge in [0.25, 0.3) is 11.8 Å². The van der Waals surface area contributed by atoms with E-state index in [1.54, 1.807) is 43.5 Å². The number of carbonyl (C=O) groups excluding carboxylic acids is 2. The van der Waals surface area contributed by atoms with Gasteiger partial charge in [-0.1, -0.05) is 15.9 Å². The summed E-state index contributed by atoms with van der Waals surface area (Å²) in [4.78, 5) is 24.8. The van der Waals surface area contributed by atoms with Gasteiger partial charge < -0.3 is 20.1 Å². The van der Waals surface area contributed by atoms with Gasteiger partial charge in [0, 0.05) is 36.0 Å². The number of halogens is 1. The van der Waals surface area contributed by atoms with Crippen molar-refractivity contribution in [2.45, 2.75) is 26.4 Å². The molecule has 0 fully saturated rings. The molecule has 0 saturated carbocycles. The predicted octanol–water partition coefficient (Wildman–Crippen LogP) is 4.25. The number of ether oxygens (including phenoxy) is 2. The van der Waals surface area contributed by atoms with E-state index in [9.17, 15) is 9.59 Å². The molecule has 0 aliphatic carbocycles. The van der Waals surface area contributed by atoms with Gasteiger partial charge in [-0.15, -0.1) is 0 Å². The van der Waals surface area contributed by atoms with E-state index in [1.165, 1.54) is 0 Å². The fourth-order valence-electron chi connectivity index (χ4n) is 2.46. The van der Waals surface area contributed by atoms with E-state index < -0.39 is 0 Å². The molecule has 2 N–H and O–H groups in total. The van der Waals surface area contributed by atoms with Gasteiger partial charge in [-0.2, -0.15) is 0 Å². The lowest BCUT2D eigenvalue weighted by Gasteiger charge is -2.14. The Hall–Kier alpha value is -2.38. The molecule has 0 radical (unpaired) electrons. The highest BCUT2D eigenvalue weighted by atomic mass is 79.9. The molecule has 0 saturated heterocycles. The molecule has 0 aromatic heterocycles. The monoisotopic (exact) mass is 448 g/mol. The third-order valence-electron chi connectivity index (χ3n) is 3.76.